The molecule has 2 rings (SSSR count). The summed E-state index contributed by atoms with van der Waals surface area (Å²) in [7, 11) is 0. The number of aromatic nitrogens is 2. The summed E-state index contributed by atoms with van der Waals surface area (Å²) in [5, 5.41) is 5.68. The van der Waals surface area contributed by atoms with Gasteiger partial charge in [-0.25, -0.2) is 5.10 Å². The van der Waals surface area contributed by atoms with Crippen molar-refractivity contribution in [2.45, 2.75) is 6.54 Å². The van der Waals surface area contributed by atoms with Crippen LogP contribution in [-0.4, -0.2) is 5.10 Å². The van der Waals surface area contributed by atoms with Crippen molar-refractivity contribution in [2.24, 2.45) is 5.18 Å². The number of benzene rings is 1. The minimum absolute atomic E-state index is 0.242. The number of nitrogen functional groups attached to an aromatic ring is 1. The lowest BCUT2D eigenvalue weighted by Crippen LogP contribution is -2.38. The summed E-state index contributed by atoms with van der Waals surface area (Å²) >= 11 is 0. The molecule has 0 aliphatic rings. The van der Waals surface area contributed by atoms with Crippen molar-refractivity contribution in [3.63, 3.8) is 0 Å². The first-order chi connectivity index (χ1) is 7.31. The fourth-order valence-corrected chi connectivity index (χ4v) is 1.39. The Balaban J connectivity index is 2.25. The number of aromatic amines is 1. The lowest BCUT2D eigenvalue weighted by molar-refractivity contribution is -0.728. The Morgan fingerprint density at radius 1 is 1.33 bits per heavy atom. The molecule has 76 valence electrons. The van der Waals surface area contributed by atoms with Crippen molar-refractivity contribution in [3.05, 3.63) is 47.0 Å². The van der Waals surface area contributed by atoms with Crippen LogP contribution < -0.4 is 10.4 Å². The van der Waals surface area contributed by atoms with Crippen LogP contribution in [0.2, 0.25) is 0 Å². The van der Waals surface area contributed by atoms with Crippen molar-refractivity contribution in [1.82, 2.24) is 5.10 Å². The number of nitrogens with two attached hydrogens (primary N) is 1. The van der Waals surface area contributed by atoms with Crippen LogP contribution >= 0.6 is 0 Å². The van der Waals surface area contributed by atoms with Crippen LogP contribution in [0.15, 0.2) is 41.7 Å². The molecule has 0 aliphatic carbocycles. The Kier molecular flexibility index (Phi) is 2.45. The van der Waals surface area contributed by atoms with Crippen LogP contribution in [0.5, 0.6) is 0 Å². The molecular formula is C10H11N4O+. The summed E-state index contributed by atoms with van der Waals surface area (Å²) in [6, 6.07) is 9.83. The van der Waals surface area contributed by atoms with Gasteiger partial charge in [0.1, 0.15) is 6.54 Å². The third kappa shape index (κ3) is 1.85. The number of nitrogens with zero attached hydrogens (tertiary/aromatic N) is 2. The molecule has 1 aromatic heterocycles. The van der Waals surface area contributed by atoms with Crippen LogP contribution in [0.4, 0.5) is 11.5 Å². The maximum atomic E-state index is 10.3. The smallest absolute Gasteiger partial charge is 0.283 e. The van der Waals surface area contributed by atoms with E-state index in [0.29, 0.717) is 12.4 Å². The summed E-state index contributed by atoms with van der Waals surface area (Å²) in [5.41, 5.74) is 7.05. The average molecular weight is 203 g/mol. The van der Waals surface area contributed by atoms with Crippen LogP contribution in [0, 0.1) is 4.91 Å². The van der Waals surface area contributed by atoms with Gasteiger partial charge in [-0.1, -0.05) is 30.3 Å². The lowest BCUT2D eigenvalue weighted by atomic mass is 10.2. The standard InChI is InChI=1S/C10H10N4O/c11-10-9(13-15)6-12-14(10)7-8-4-2-1-3-5-8/h1-6H,7H2,(H2,11,12,15)/p+1. The van der Waals surface area contributed by atoms with E-state index in [1.165, 1.54) is 6.20 Å². The Hall–Kier alpha value is -2.17. The van der Waals surface area contributed by atoms with Crippen LogP contribution in [-0.2, 0) is 6.54 Å². The van der Waals surface area contributed by atoms with Crippen LogP contribution in [0.1, 0.15) is 5.56 Å². The molecule has 0 atom stereocenters. The van der Waals surface area contributed by atoms with Crippen molar-refractivity contribution in [1.29, 1.82) is 0 Å². The van der Waals surface area contributed by atoms with E-state index < -0.39 is 0 Å². The Bertz CT molecular complexity index is 464. The van der Waals surface area contributed by atoms with E-state index in [9.17, 15) is 4.91 Å². The molecule has 1 heterocycles. The SMILES string of the molecule is Nc1c(N=O)c[nH][n+]1Cc1ccccc1. The van der Waals surface area contributed by atoms with Gasteiger partial charge in [0.05, 0.1) is 6.20 Å². The number of hydrogen-bond donors (Lipinski definition) is 2. The fraction of sp³-hybridized carbons (Fsp3) is 0.100. The normalized spacial score (nSPS) is 10.1. The second-order valence-electron chi connectivity index (χ2n) is 3.21. The zero-order valence-corrected chi connectivity index (χ0v) is 8.05. The fourth-order valence-electron chi connectivity index (χ4n) is 1.39. The molecule has 0 unspecified atom stereocenters. The highest BCUT2D eigenvalue weighted by atomic mass is 16.3. The predicted octanol–water partition coefficient (Wildman–Crippen LogP) is 1.33. The van der Waals surface area contributed by atoms with E-state index in [1.54, 1.807) is 4.68 Å². The number of rotatable bonds is 3. The molecule has 5 heteroatoms. The molecule has 1 aromatic carbocycles. The molecule has 2 aromatic rings. The minimum Gasteiger partial charge on any atom is -0.283 e. The second kappa shape index (κ2) is 3.91. The number of hydrogen-bond acceptors (Lipinski definition) is 3. The molecular weight excluding hydrogens is 192 g/mol. The maximum Gasteiger partial charge on any atom is 0.323 e. The summed E-state index contributed by atoms with van der Waals surface area (Å²) in [6.45, 7) is 0.599. The summed E-state index contributed by atoms with van der Waals surface area (Å²) in [5.74, 6) is 0.355. The van der Waals surface area contributed by atoms with Gasteiger partial charge in [-0.15, -0.1) is 4.91 Å². The van der Waals surface area contributed by atoms with Gasteiger partial charge in [-0.2, -0.15) is 4.68 Å². The van der Waals surface area contributed by atoms with Crippen molar-refractivity contribution < 1.29 is 4.68 Å². The van der Waals surface area contributed by atoms with Crippen LogP contribution in [0.25, 0.3) is 0 Å². The maximum absolute atomic E-state index is 10.3. The van der Waals surface area contributed by atoms with E-state index >= 15 is 0 Å². The summed E-state index contributed by atoms with van der Waals surface area (Å²) < 4.78 is 1.67. The van der Waals surface area contributed by atoms with Gasteiger partial charge >= 0.3 is 5.82 Å². The Morgan fingerprint density at radius 2 is 2.07 bits per heavy atom. The molecule has 3 N–H and O–H groups in total. The third-order valence-electron chi connectivity index (χ3n) is 2.19. The molecule has 0 saturated carbocycles. The quantitative estimate of drug-likeness (QED) is 0.583. The third-order valence-corrected chi connectivity index (χ3v) is 2.19. The van der Waals surface area contributed by atoms with Crippen molar-refractivity contribution in [3.8, 4) is 0 Å². The van der Waals surface area contributed by atoms with E-state index in [4.69, 9.17) is 5.73 Å². The van der Waals surface area contributed by atoms with Gasteiger partial charge in [-0.05, 0) is 10.7 Å². The number of H-pyrrole nitrogens is 1. The van der Waals surface area contributed by atoms with Gasteiger partial charge in [0, 0.05) is 0 Å². The zero-order valence-electron chi connectivity index (χ0n) is 8.05. The predicted molar refractivity (Wildman–Crippen MR) is 56.4 cm³/mol. The first-order valence-electron chi connectivity index (χ1n) is 4.55. The molecule has 0 aliphatic heterocycles. The van der Waals surface area contributed by atoms with Crippen molar-refractivity contribution >= 4 is 11.5 Å². The lowest BCUT2D eigenvalue weighted by Gasteiger charge is -1.97. The average Bonchev–Trinajstić information content (AvgIpc) is 2.62. The highest BCUT2D eigenvalue weighted by molar-refractivity contribution is 5.51. The van der Waals surface area contributed by atoms with Gasteiger partial charge in [0.25, 0.3) is 0 Å². The molecule has 0 amide bonds. The van der Waals surface area contributed by atoms with E-state index in [0.717, 1.165) is 5.56 Å². The summed E-state index contributed by atoms with van der Waals surface area (Å²) in [6.07, 6.45) is 1.49. The topological polar surface area (TPSA) is 75.1 Å². The molecule has 0 spiro atoms. The van der Waals surface area contributed by atoms with Gasteiger partial charge < -0.3 is 0 Å². The molecule has 0 fully saturated rings. The summed E-state index contributed by atoms with van der Waals surface area (Å²) in [4.78, 5) is 10.3. The monoisotopic (exact) mass is 203 g/mol. The molecule has 0 bridgehead atoms. The molecule has 15 heavy (non-hydrogen) atoms. The van der Waals surface area contributed by atoms with Gasteiger partial charge in [0.15, 0.2) is 0 Å². The van der Waals surface area contributed by atoms with Crippen LogP contribution in [0.3, 0.4) is 0 Å². The van der Waals surface area contributed by atoms with Crippen molar-refractivity contribution in [2.75, 3.05) is 5.73 Å². The zero-order chi connectivity index (χ0) is 10.7. The van der Waals surface area contributed by atoms with Gasteiger partial charge in [0.2, 0.25) is 5.69 Å². The second-order valence-corrected chi connectivity index (χ2v) is 3.21. The molecule has 0 radical (unpaired) electrons. The Labute approximate surface area is 86.5 Å². The number of nitrogens with one attached hydrogen (secondary N) is 1. The van der Waals surface area contributed by atoms with E-state index in [2.05, 4.69) is 10.3 Å². The molecule has 5 nitrogen and oxygen atoms in total. The first kappa shape index (κ1) is 9.39. The minimum atomic E-state index is 0.242. The number of anilines is 1. The highest BCUT2D eigenvalue weighted by Crippen LogP contribution is 2.15. The molecule has 0 saturated heterocycles. The Morgan fingerprint density at radius 3 is 2.67 bits per heavy atom. The van der Waals surface area contributed by atoms with Gasteiger partial charge in [-0.3, -0.25) is 5.73 Å². The number of nitroso groups, excluding NO2 is 1. The van der Waals surface area contributed by atoms with E-state index in [1.807, 2.05) is 30.3 Å². The van der Waals surface area contributed by atoms with E-state index in [-0.39, 0.29) is 5.69 Å². The highest BCUT2D eigenvalue weighted by Gasteiger charge is 2.14. The largest absolute Gasteiger partial charge is 0.323 e. The first-order valence-corrected chi connectivity index (χ1v) is 4.55.